The smallest absolute Gasteiger partial charge is 0.255 e. The van der Waals surface area contributed by atoms with Gasteiger partial charge in [-0.2, -0.15) is 0 Å². The number of methoxy groups -OCH3 is 1. The predicted molar refractivity (Wildman–Crippen MR) is 110 cm³/mol. The van der Waals surface area contributed by atoms with Crippen LogP contribution in [-0.2, 0) is 9.59 Å². The summed E-state index contributed by atoms with van der Waals surface area (Å²) in [5, 5.41) is 2.82. The predicted octanol–water partition coefficient (Wildman–Crippen LogP) is 3.87. The third-order valence-electron chi connectivity index (χ3n) is 5.90. The number of nitrogens with one attached hydrogen (secondary N) is 1. The molecule has 0 bridgehead atoms. The van der Waals surface area contributed by atoms with E-state index in [1.807, 2.05) is 0 Å². The van der Waals surface area contributed by atoms with Crippen molar-refractivity contribution in [3.8, 4) is 5.75 Å². The van der Waals surface area contributed by atoms with Gasteiger partial charge in [-0.05, 0) is 67.6 Å². The lowest BCUT2D eigenvalue weighted by molar-refractivity contribution is -0.122. The molecule has 0 spiro atoms. The molecule has 3 atom stereocenters. The topological polar surface area (TPSA) is 75.7 Å². The van der Waals surface area contributed by atoms with Crippen LogP contribution >= 0.6 is 0 Å². The van der Waals surface area contributed by atoms with Crippen LogP contribution in [0, 0.1) is 17.8 Å². The lowest BCUT2D eigenvalue weighted by Crippen LogP contribution is -2.31. The molecule has 4 rings (SSSR count). The highest BCUT2D eigenvalue weighted by atomic mass is 16.5. The number of rotatable bonds is 4. The summed E-state index contributed by atoms with van der Waals surface area (Å²) in [5.41, 5.74) is 1.49. The molecule has 1 saturated carbocycles. The fourth-order valence-electron chi connectivity index (χ4n) is 4.31. The van der Waals surface area contributed by atoms with Crippen LogP contribution < -0.4 is 15.0 Å². The van der Waals surface area contributed by atoms with Crippen LogP contribution in [-0.4, -0.2) is 24.8 Å². The Kier molecular flexibility index (Phi) is 5.09. The molecule has 0 aromatic heterocycles. The quantitative estimate of drug-likeness (QED) is 0.802. The van der Waals surface area contributed by atoms with E-state index >= 15 is 0 Å². The Hall–Kier alpha value is -3.15. The van der Waals surface area contributed by atoms with Gasteiger partial charge in [0.05, 0.1) is 24.6 Å². The van der Waals surface area contributed by atoms with Crippen LogP contribution in [0.15, 0.2) is 48.5 Å². The molecule has 3 amide bonds. The minimum absolute atomic E-state index is 0.139. The van der Waals surface area contributed by atoms with Crippen LogP contribution in [0.25, 0.3) is 0 Å². The van der Waals surface area contributed by atoms with Gasteiger partial charge < -0.3 is 10.1 Å². The molecular weight excluding hydrogens is 368 g/mol. The van der Waals surface area contributed by atoms with E-state index in [0.717, 1.165) is 19.3 Å². The Labute approximate surface area is 169 Å². The molecule has 150 valence electrons. The standard InChI is InChI=1S/C23H24N2O4/c1-14-6-11-19-20(12-14)23(28)25(22(19)27)17-5-3-4-15(13-17)21(26)24-16-7-9-18(29-2)10-8-16/h3-5,7-10,13-14,19-20H,6,11-12H2,1-2H3,(H,24,26)/t14-,19+,20-/m1/s1. The second kappa shape index (κ2) is 7.70. The van der Waals surface area contributed by atoms with Crippen LogP contribution in [0.4, 0.5) is 11.4 Å². The fraction of sp³-hybridized carbons (Fsp3) is 0.348. The maximum atomic E-state index is 12.9. The van der Waals surface area contributed by atoms with Gasteiger partial charge in [0, 0.05) is 11.3 Å². The molecule has 1 heterocycles. The number of amides is 3. The molecule has 2 fully saturated rings. The van der Waals surface area contributed by atoms with Crippen molar-refractivity contribution in [1.29, 1.82) is 0 Å². The van der Waals surface area contributed by atoms with Crippen molar-refractivity contribution in [1.82, 2.24) is 0 Å². The summed E-state index contributed by atoms with van der Waals surface area (Å²) in [4.78, 5) is 39.7. The first-order valence-corrected chi connectivity index (χ1v) is 9.91. The minimum Gasteiger partial charge on any atom is -0.497 e. The molecule has 0 unspecified atom stereocenters. The van der Waals surface area contributed by atoms with E-state index in [0.29, 0.717) is 28.6 Å². The van der Waals surface area contributed by atoms with E-state index in [2.05, 4.69) is 12.2 Å². The van der Waals surface area contributed by atoms with Crippen molar-refractivity contribution in [2.45, 2.75) is 26.2 Å². The Bertz CT molecular complexity index is 954. The highest BCUT2D eigenvalue weighted by Crippen LogP contribution is 2.42. The first-order valence-electron chi connectivity index (χ1n) is 9.91. The number of ether oxygens (including phenoxy) is 1. The Morgan fingerprint density at radius 1 is 1.03 bits per heavy atom. The number of imide groups is 1. The van der Waals surface area contributed by atoms with Crippen molar-refractivity contribution in [2.75, 3.05) is 17.3 Å². The summed E-state index contributed by atoms with van der Waals surface area (Å²) >= 11 is 0. The molecule has 1 N–H and O–H groups in total. The molecule has 1 aliphatic heterocycles. The van der Waals surface area contributed by atoms with Crippen LogP contribution in [0.2, 0.25) is 0 Å². The van der Waals surface area contributed by atoms with Crippen molar-refractivity contribution in [3.05, 3.63) is 54.1 Å². The molecule has 0 radical (unpaired) electrons. The number of hydrogen-bond donors (Lipinski definition) is 1. The summed E-state index contributed by atoms with van der Waals surface area (Å²) in [5.74, 6) is 0.112. The Balaban J connectivity index is 1.54. The summed E-state index contributed by atoms with van der Waals surface area (Å²) in [6, 6.07) is 13.7. The van der Waals surface area contributed by atoms with Gasteiger partial charge in [-0.25, -0.2) is 0 Å². The monoisotopic (exact) mass is 392 g/mol. The van der Waals surface area contributed by atoms with Crippen LogP contribution in [0.1, 0.15) is 36.5 Å². The normalized spacial score (nSPS) is 23.7. The number of carbonyl (C=O) groups is 3. The first kappa shape index (κ1) is 19.2. The van der Waals surface area contributed by atoms with E-state index < -0.39 is 0 Å². The van der Waals surface area contributed by atoms with E-state index in [-0.39, 0.29) is 29.6 Å². The number of carbonyl (C=O) groups excluding carboxylic acids is 3. The zero-order valence-electron chi connectivity index (χ0n) is 16.6. The number of benzene rings is 2. The summed E-state index contributed by atoms with van der Waals surface area (Å²) < 4.78 is 5.12. The van der Waals surface area contributed by atoms with Gasteiger partial charge in [-0.1, -0.05) is 13.0 Å². The molecule has 1 saturated heterocycles. The van der Waals surface area contributed by atoms with Gasteiger partial charge in [0.1, 0.15) is 5.75 Å². The average molecular weight is 392 g/mol. The van der Waals surface area contributed by atoms with Gasteiger partial charge in [0.25, 0.3) is 5.91 Å². The van der Waals surface area contributed by atoms with Crippen molar-refractivity contribution in [3.63, 3.8) is 0 Å². The largest absolute Gasteiger partial charge is 0.497 e. The van der Waals surface area contributed by atoms with Gasteiger partial charge in [-0.15, -0.1) is 0 Å². The van der Waals surface area contributed by atoms with Gasteiger partial charge in [0.15, 0.2) is 0 Å². The van der Waals surface area contributed by atoms with Crippen molar-refractivity contribution in [2.24, 2.45) is 17.8 Å². The SMILES string of the molecule is COc1ccc(NC(=O)c2cccc(N3C(=O)[C@H]4CC[C@@H](C)C[C@H]4C3=O)c2)cc1. The Morgan fingerprint density at radius 3 is 2.48 bits per heavy atom. The highest BCUT2D eigenvalue weighted by molar-refractivity contribution is 6.22. The van der Waals surface area contributed by atoms with E-state index in [4.69, 9.17) is 4.74 Å². The molecule has 29 heavy (non-hydrogen) atoms. The van der Waals surface area contributed by atoms with Crippen LogP contribution in [0.3, 0.4) is 0 Å². The lowest BCUT2D eigenvalue weighted by Gasteiger charge is -2.25. The maximum Gasteiger partial charge on any atom is 0.255 e. The second-order valence-electron chi connectivity index (χ2n) is 7.88. The van der Waals surface area contributed by atoms with E-state index in [1.165, 1.54) is 4.90 Å². The summed E-state index contributed by atoms with van der Waals surface area (Å²) in [7, 11) is 1.58. The fourth-order valence-corrected chi connectivity index (χ4v) is 4.31. The number of fused-ring (bicyclic) bond motifs is 1. The summed E-state index contributed by atoms with van der Waals surface area (Å²) in [6.07, 6.45) is 2.48. The number of nitrogens with zero attached hydrogens (tertiary/aromatic N) is 1. The van der Waals surface area contributed by atoms with Gasteiger partial charge in [0.2, 0.25) is 11.8 Å². The Morgan fingerprint density at radius 2 is 1.76 bits per heavy atom. The third-order valence-corrected chi connectivity index (χ3v) is 5.90. The molecular formula is C23H24N2O4. The second-order valence-corrected chi connectivity index (χ2v) is 7.88. The van der Waals surface area contributed by atoms with Crippen LogP contribution in [0.5, 0.6) is 5.75 Å². The van der Waals surface area contributed by atoms with Crippen molar-refractivity contribution >= 4 is 29.1 Å². The zero-order chi connectivity index (χ0) is 20.5. The molecule has 2 aromatic rings. The third kappa shape index (κ3) is 3.62. The molecule has 2 aliphatic rings. The highest BCUT2D eigenvalue weighted by Gasteiger charge is 2.50. The minimum atomic E-state index is -0.304. The summed E-state index contributed by atoms with van der Waals surface area (Å²) in [6.45, 7) is 2.13. The lowest BCUT2D eigenvalue weighted by atomic mass is 9.76. The molecule has 2 aromatic carbocycles. The number of hydrogen-bond acceptors (Lipinski definition) is 4. The first-order chi connectivity index (χ1) is 14.0. The average Bonchev–Trinajstić information content (AvgIpc) is 2.98. The molecule has 1 aliphatic carbocycles. The molecule has 6 heteroatoms. The van der Waals surface area contributed by atoms with Gasteiger partial charge in [-0.3, -0.25) is 19.3 Å². The van der Waals surface area contributed by atoms with E-state index in [1.54, 1.807) is 55.6 Å². The maximum absolute atomic E-state index is 12.9. The zero-order valence-corrected chi connectivity index (χ0v) is 16.6. The number of anilines is 2. The van der Waals surface area contributed by atoms with Crippen molar-refractivity contribution < 1.29 is 19.1 Å². The van der Waals surface area contributed by atoms with E-state index in [9.17, 15) is 14.4 Å². The van der Waals surface area contributed by atoms with Gasteiger partial charge >= 0.3 is 0 Å². The molecule has 6 nitrogen and oxygen atoms in total.